The minimum atomic E-state index is -0.976. The number of halogens is 1. The van der Waals surface area contributed by atoms with Gasteiger partial charge in [0.1, 0.15) is 6.04 Å². The third-order valence-corrected chi connectivity index (χ3v) is 4.32. The molecule has 0 radical (unpaired) electrons. The summed E-state index contributed by atoms with van der Waals surface area (Å²) in [7, 11) is 0. The number of rotatable bonds is 4. The molecule has 0 aliphatic carbocycles. The summed E-state index contributed by atoms with van der Waals surface area (Å²) in [5.74, 6) is -1.24. The third-order valence-electron chi connectivity index (χ3n) is 3.09. The van der Waals surface area contributed by atoms with E-state index in [9.17, 15) is 9.59 Å². The lowest BCUT2D eigenvalue weighted by molar-refractivity contribution is -0.141. The number of carbonyl (C=O) groups excluding carboxylic acids is 1. The fraction of sp³-hybridized carbons (Fsp3) is 0.417. The van der Waals surface area contributed by atoms with Gasteiger partial charge in [0.25, 0.3) is 5.91 Å². The van der Waals surface area contributed by atoms with Crippen LogP contribution in [-0.4, -0.2) is 47.1 Å². The molecule has 6 nitrogen and oxygen atoms in total. The molecule has 2 heterocycles. The number of likely N-dealkylation sites (tertiary alicyclic amines) is 1. The van der Waals surface area contributed by atoms with Crippen molar-refractivity contribution in [3.63, 3.8) is 0 Å². The van der Waals surface area contributed by atoms with Crippen molar-refractivity contribution in [1.29, 1.82) is 5.26 Å². The number of thiophene rings is 1. The Kier molecular flexibility index (Phi) is 4.60. The quantitative estimate of drug-likeness (QED) is 0.814. The van der Waals surface area contributed by atoms with E-state index in [1.807, 2.05) is 6.07 Å². The highest BCUT2D eigenvalue weighted by Crippen LogP contribution is 2.22. The maximum absolute atomic E-state index is 12.0. The fourth-order valence-corrected chi connectivity index (χ4v) is 3.17. The van der Waals surface area contributed by atoms with Gasteiger partial charge in [0.2, 0.25) is 0 Å². The SMILES string of the molecule is N#CCN1CC(NC(=O)c2ccc(Cl)s2)C[C@H]1C(=O)O. The standard InChI is InChI=1S/C12H12ClN3O3S/c13-10-2-1-9(20-10)11(17)15-7-5-8(12(18)19)16(6-7)4-3-14/h1-2,7-8H,4-6H2,(H,15,17)(H,18,19)/t7?,8-/m0/s1. The number of carbonyl (C=O) groups is 2. The molecule has 1 saturated heterocycles. The number of amides is 1. The number of carboxylic acids is 1. The zero-order valence-electron chi connectivity index (χ0n) is 10.4. The topological polar surface area (TPSA) is 93.4 Å². The highest BCUT2D eigenvalue weighted by atomic mass is 35.5. The molecular formula is C12H12ClN3O3S. The van der Waals surface area contributed by atoms with E-state index in [2.05, 4.69) is 5.32 Å². The Balaban J connectivity index is 1.99. The Morgan fingerprint density at radius 1 is 1.60 bits per heavy atom. The van der Waals surface area contributed by atoms with E-state index >= 15 is 0 Å². The van der Waals surface area contributed by atoms with Gasteiger partial charge in [-0.05, 0) is 18.6 Å². The van der Waals surface area contributed by atoms with Crippen LogP contribution in [0.4, 0.5) is 0 Å². The number of hydrogen-bond donors (Lipinski definition) is 2. The molecule has 0 spiro atoms. The normalized spacial score (nSPS) is 22.4. The van der Waals surface area contributed by atoms with Crippen molar-refractivity contribution in [3.8, 4) is 6.07 Å². The van der Waals surface area contributed by atoms with Crippen molar-refractivity contribution in [1.82, 2.24) is 10.2 Å². The summed E-state index contributed by atoms with van der Waals surface area (Å²) in [6.07, 6.45) is 0.294. The van der Waals surface area contributed by atoms with Crippen molar-refractivity contribution in [2.45, 2.75) is 18.5 Å². The van der Waals surface area contributed by atoms with E-state index in [-0.39, 0.29) is 18.5 Å². The first kappa shape index (κ1) is 14.8. The predicted molar refractivity (Wildman–Crippen MR) is 73.8 cm³/mol. The van der Waals surface area contributed by atoms with Crippen LogP contribution in [0, 0.1) is 11.3 Å². The minimum Gasteiger partial charge on any atom is -0.480 e. The van der Waals surface area contributed by atoms with E-state index in [1.54, 1.807) is 17.0 Å². The molecule has 2 atom stereocenters. The summed E-state index contributed by atoms with van der Waals surface area (Å²) < 4.78 is 0.524. The largest absolute Gasteiger partial charge is 0.480 e. The molecule has 0 aromatic carbocycles. The zero-order chi connectivity index (χ0) is 14.7. The lowest BCUT2D eigenvalue weighted by atomic mass is 10.1. The van der Waals surface area contributed by atoms with Crippen LogP contribution in [0.3, 0.4) is 0 Å². The Bertz CT molecular complexity index is 569. The second kappa shape index (κ2) is 6.22. The van der Waals surface area contributed by atoms with Crippen LogP contribution < -0.4 is 5.32 Å². The maximum atomic E-state index is 12.0. The summed E-state index contributed by atoms with van der Waals surface area (Å²) in [6.45, 7) is 0.392. The molecule has 1 amide bonds. The van der Waals surface area contributed by atoms with Crippen LogP contribution >= 0.6 is 22.9 Å². The van der Waals surface area contributed by atoms with Crippen molar-refractivity contribution in [3.05, 3.63) is 21.3 Å². The first-order chi connectivity index (χ1) is 9.51. The first-order valence-corrected chi connectivity index (χ1v) is 7.10. The second-order valence-corrected chi connectivity index (χ2v) is 6.17. The van der Waals surface area contributed by atoms with Gasteiger partial charge in [-0.2, -0.15) is 5.26 Å². The number of nitrogens with zero attached hydrogens (tertiary/aromatic N) is 2. The van der Waals surface area contributed by atoms with Gasteiger partial charge in [0.05, 0.1) is 21.8 Å². The second-order valence-electron chi connectivity index (χ2n) is 4.45. The van der Waals surface area contributed by atoms with Crippen LogP contribution in [0.15, 0.2) is 12.1 Å². The number of aliphatic carboxylic acids is 1. The minimum absolute atomic E-state index is 0.0359. The number of nitrogens with one attached hydrogen (secondary N) is 1. The van der Waals surface area contributed by atoms with Crippen LogP contribution in [0.2, 0.25) is 4.34 Å². The molecular weight excluding hydrogens is 302 g/mol. The number of carboxylic acid groups (broad SMARTS) is 1. The molecule has 1 aliphatic rings. The molecule has 1 aromatic rings. The van der Waals surface area contributed by atoms with Crippen molar-refractivity contribution >= 4 is 34.8 Å². The van der Waals surface area contributed by atoms with Gasteiger partial charge in [-0.1, -0.05) is 11.6 Å². The fourth-order valence-electron chi connectivity index (χ4n) is 2.22. The summed E-state index contributed by atoms with van der Waals surface area (Å²) in [6, 6.07) is 4.19. The number of hydrogen-bond acceptors (Lipinski definition) is 5. The lowest BCUT2D eigenvalue weighted by Gasteiger charge is -2.16. The average Bonchev–Trinajstić information content (AvgIpc) is 2.96. The molecule has 20 heavy (non-hydrogen) atoms. The molecule has 106 valence electrons. The summed E-state index contributed by atoms with van der Waals surface area (Å²) in [5.41, 5.74) is 0. The molecule has 2 rings (SSSR count). The van der Waals surface area contributed by atoms with E-state index in [1.165, 1.54) is 11.3 Å². The maximum Gasteiger partial charge on any atom is 0.321 e. The molecule has 1 unspecified atom stereocenters. The van der Waals surface area contributed by atoms with E-state index in [0.29, 0.717) is 22.2 Å². The van der Waals surface area contributed by atoms with Gasteiger partial charge in [0.15, 0.2) is 0 Å². The Hall–Kier alpha value is -1.62. The van der Waals surface area contributed by atoms with Gasteiger partial charge in [-0.3, -0.25) is 14.5 Å². The average molecular weight is 314 g/mol. The molecule has 2 N–H and O–H groups in total. The van der Waals surface area contributed by atoms with Crippen molar-refractivity contribution in [2.24, 2.45) is 0 Å². The van der Waals surface area contributed by atoms with E-state index in [4.69, 9.17) is 22.0 Å². The van der Waals surface area contributed by atoms with Crippen LogP contribution in [-0.2, 0) is 4.79 Å². The third kappa shape index (κ3) is 3.28. The highest BCUT2D eigenvalue weighted by Gasteiger charge is 2.37. The predicted octanol–water partition coefficient (Wildman–Crippen LogP) is 1.18. The van der Waals surface area contributed by atoms with Crippen LogP contribution in [0.25, 0.3) is 0 Å². The summed E-state index contributed by atoms with van der Waals surface area (Å²) >= 11 is 6.94. The summed E-state index contributed by atoms with van der Waals surface area (Å²) in [5, 5.41) is 20.6. The van der Waals surface area contributed by atoms with Gasteiger partial charge < -0.3 is 10.4 Å². The lowest BCUT2D eigenvalue weighted by Crippen LogP contribution is -2.37. The zero-order valence-corrected chi connectivity index (χ0v) is 11.9. The smallest absolute Gasteiger partial charge is 0.321 e. The molecule has 1 aromatic heterocycles. The van der Waals surface area contributed by atoms with E-state index < -0.39 is 12.0 Å². The van der Waals surface area contributed by atoms with Crippen molar-refractivity contribution in [2.75, 3.05) is 13.1 Å². The Morgan fingerprint density at radius 2 is 2.35 bits per heavy atom. The molecule has 1 fully saturated rings. The Labute approximate surface area is 124 Å². The molecule has 0 bridgehead atoms. The summed E-state index contributed by atoms with van der Waals surface area (Å²) in [4.78, 5) is 25.1. The molecule has 1 aliphatic heterocycles. The molecule has 0 saturated carbocycles. The van der Waals surface area contributed by atoms with E-state index in [0.717, 1.165) is 0 Å². The molecule has 8 heteroatoms. The van der Waals surface area contributed by atoms with Gasteiger partial charge in [-0.15, -0.1) is 11.3 Å². The number of nitriles is 1. The van der Waals surface area contributed by atoms with Gasteiger partial charge in [0, 0.05) is 12.6 Å². The van der Waals surface area contributed by atoms with Crippen LogP contribution in [0.1, 0.15) is 16.1 Å². The van der Waals surface area contributed by atoms with Crippen molar-refractivity contribution < 1.29 is 14.7 Å². The van der Waals surface area contributed by atoms with Gasteiger partial charge in [-0.25, -0.2) is 0 Å². The van der Waals surface area contributed by atoms with Crippen LogP contribution in [0.5, 0.6) is 0 Å². The first-order valence-electron chi connectivity index (χ1n) is 5.91. The monoisotopic (exact) mass is 313 g/mol. The highest BCUT2D eigenvalue weighted by molar-refractivity contribution is 7.17. The van der Waals surface area contributed by atoms with Gasteiger partial charge >= 0.3 is 5.97 Å². The Morgan fingerprint density at radius 3 is 2.90 bits per heavy atom.